The number of nitrogens with one attached hydrogen (secondary N) is 2. The fourth-order valence-electron chi connectivity index (χ4n) is 4.70. The van der Waals surface area contributed by atoms with Gasteiger partial charge >= 0.3 is 0 Å². The van der Waals surface area contributed by atoms with Gasteiger partial charge in [0.1, 0.15) is 11.8 Å². The van der Waals surface area contributed by atoms with Crippen LogP contribution in [0.5, 0.6) is 5.75 Å². The molecule has 2 unspecified atom stereocenters. The summed E-state index contributed by atoms with van der Waals surface area (Å²) in [6.07, 6.45) is 3.20. The van der Waals surface area contributed by atoms with Crippen LogP contribution in [0.4, 0.5) is 5.69 Å². The standard InChI is InChI=1S/C28H29N3O4/c1-17(18-10-13-21(14-11-18)30-26(33)20-8-9-20)29-27(34)24-7-4-16-31(24)28(35)23-15-12-19-5-2-3-6-22(19)25(23)32/h2-3,5-6,10-15,17,20,24,32H,4,7-9,16H2,1H3,(H,29,34)(H,30,33). The van der Waals surface area contributed by atoms with E-state index in [-0.39, 0.29) is 41.0 Å². The summed E-state index contributed by atoms with van der Waals surface area (Å²) >= 11 is 0. The summed E-state index contributed by atoms with van der Waals surface area (Å²) < 4.78 is 0. The molecule has 1 saturated carbocycles. The van der Waals surface area contributed by atoms with Gasteiger partial charge in [-0.15, -0.1) is 0 Å². The van der Waals surface area contributed by atoms with Crippen molar-refractivity contribution < 1.29 is 19.5 Å². The van der Waals surface area contributed by atoms with Gasteiger partial charge in [-0.3, -0.25) is 14.4 Å². The van der Waals surface area contributed by atoms with Crippen molar-refractivity contribution in [1.82, 2.24) is 10.2 Å². The molecule has 7 heteroatoms. The number of benzene rings is 3. The van der Waals surface area contributed by atoms with Crippen molar-refractivity contribution in [2.75, 3.05) is 11.9 Å². The molecule has 1 heterocycles. The Morgan fingerprint density at radius 3 is 2.43 bits per heavy atom. The number of aromatic hydroxyl groups is 1. The van der Waals surface area contributed by atoms with Crippen LogP contribution in [-0.4, -0.2) is 40.3 Å². The van der Waals surface area contributed by atoms with Crippen LogP contribution in [0.3, 0.4) is 0 Å². The Kier molecular flexibility index (Phi) is 6.16. The van der Waals surface area contributed by atoms with Gasteiger partial charge in [-0.25, -0.2) is 0 Å². The number of nitrogens with zero attached hydrogens (tertiary/aromatic N) is 1. The summed E-state index contributed by atoms with van der Waals surface area (Å²) in [6, 6.07) is 17.4. The lowest BCUT2D eigenvalue weighted by Crippen LogP contribution is -2.46. The second-order valence-electron chi connectivity index (χ2n) is 9.46. The number of carbonyl (C=O) groups excluding carboxylic acids is 3. The van der Waals surface area contributed by atoms with Crippen LogP contribution < -0.4 is 10.6 Å². The molecule has 180 valence electrons. The number of rotatable bonds is 6. The SMILES string of the molecule is CC(NC(=O)C1CCCN1C(=O)c1ccc2ccccc2c1O)c1ccc(NC(=O)C2CC2)cc1. The maximum absolute atomic E-state index is 13.3. The zero-order chi connectivity index (χ0) is 24.5. The van der Waals surface area contributed by atoms with E-state index in [1.54, 1.807) is 17.0 Å². The van der Waals surface area contributed by atoms with Gasteiger partial charge in [0.15, 0.2) is 0 Å². The van der Waals surface area contributed by atoms with Crippen molar-refractivity contribution in [1.29, 1.82) is 0 Å². The molecule has 0 aromatic heterocycles. The molecule has 0 bridgehead atoms. The van der Waals surface area contributed by atoms with Crippen molar-refractivity contribution in [3.63, 3.8) is 0 Å². The molecule has 3 aromatic rings. The topological polar surface area (TPSA) is 98.7 Å². The second kappa shape index (κ2) is 9.41. The van der Waals surface area contributed by atoms with Crippen molar-refractivity contribution in [2.45, 2.75) is 44.7 Å². The van der Waals surface area contributed by atoms with Crippen LogP contribution in [0.25, 0.3) is 10.8 Å². The molecule has 3 amide bonds. The predicted octanol–water partition coefficient (Wildman–Crippen LogP) is 4.38. The van der Waals surface area contributed by atoms with E-state index in [0.29, 0.717) is 18.4 Å². The number of amides is 3. The highest BCUT2D eigenvalue weighted by molar-refractivity contribution is 6.05. The third-order valence-corrected chi connectivity index (χ3v) is 6.93. The Labute approximate surface area is 204 Å². The van der Waals surface area contributed by atoms with Gasteiger partial charge < -0.3 is 20.6 Å². The highest BCUT2D eigenvalue weighted by Gasteiger charge is 2.36. The van der Waals surface area contributed by atoms with Crippen molar-refractivity contribution in [2.24, 2.45) is 5.92 Å². The number of phenolic OH excluding ortho intramolecular Hbond substituents is 1. The zero-order valence-corrected chi connectivity index (χ0v) is 19.7. The van der Waals surface area contributed by atoms with Gasteiger partial charge in [0, 0.05) is 23.5 Å². The molecular formula is C28H29N3O4. The minimum Gasteiger partial charge on any atom is -0.506 e. The molecule has 0 radical (unpaired) electrons. The quantitative estimate of drug-likeness (QED) is 0.497. The van der Waals surface area contributed by atoms with E-state index in [1.807, 2.05) is 55.5 Å². The lowest BCUT2D eigenvalue weighted by molar-refractivity contribution is -0.125. The molecule has 3 N–H and O–H groups in total. The summed E-state index contributed by atoms with van der Waals surface area (Å²) in [5.74, 6) is -0.408. The van der Waals surface area contributed by atoms with Crippen LogP contribution in [0, 0.1) is 5.92 Å². The summed E-state index contributed by atoms with van der Waals surface area (Å²) in [5, 5.41) is 18.1. The van der Waals surface area contributed by atoms with Gasteiger partial charge in [0.05, 0.1) is 11.6 Å². The largest absolute Gasteiger partial charge is 0.506 e. The number of fused-ring (bicyclic) bond motifs is 1. The van der Waals surface area contributed by atoms with E-state index in [0.717, 1.165) is 35.9 Å². The first-order valence-corrected chi connectivity index (χ1v) is 12.2. The average molecular weight is 472 g/mol. The first-order valence-electron chi connectivity index (χ1n) is 12.2. The number of likely N-dealkylation sites (tertiary alicyclic amines) is 1. The number of hydrogen-bond donors (Lipinski definition) is 3. The maximum Gasteiger partial charge on any atom is 0.258 e. The van der Waals surface area contributed by atoms with Gasteiger partial charge in [-0.1, -0.05) is 42.5 Å². The van der Waals surface area contributed by atoms with E-state index in [2.05, 4.69) is 10.6 Å². The van der Waals surface area contributed by atoms with Crippen molar-refractivity contribution in [3.8, 4) is 5.75 Å². The lowest BCUT2D eigenvalue weighted by atomic mass is 10.0. The zero-order valence-electron chi connectivity index (χ0n) is 19.7. The first-order chi connectivity index (χ1) is 16.9. The summed E-state index contributed by atoms with van der Waals surface area (Å²) in [6.45, 7) is 2.36. The fourth-order valence-corrected chi connectivity index (χ4v) is 4.70. The first kappa shape index (κ1) is 22.9. The van der Waals surface area contributed by atoms with Crippen LogP contribution in [0.1, 0.15) is 54.6 Å². The Balaban J connectivity index is 1.25. The van der Waals surface area contributed by atoms with E-state index >= 15 is 0 Å². The van der Waals surface area contributed by atoms with Gasteiger partial charge in [0.2, 0.25) is 11.8 Å². The molecule has 0 spiro atoms. The minimum atomic E-state index is -0.590. The highest BCUT2D eigenvalue weighted by atomic mass is 16.3. The van der Waals surface area contributed by atoms with E-state index in [1.165, 1.54) is 0 Å². The number of hydrogen-bond acceptors (Lipinski definition) is 4. The van der Waals surface area contributed by atoms with Gasteiger partial charge in [-0.2, -0.15) is 0 Å². The van der Waals surface area contributed by atoms with Crippen LogP contribution in [0.2, 0.25) is 0 Å². The molecule has 1 aliphatic carbocycles. The molecule has 1 saturated heterocycles. The smallest absolute Gasteiger partial charge is 0.258 e. The fraction of sp³-hybridized carbons (Fsp3) is 0.321. The Hall–Kier alpha value is -3.87. The maximum atomic E-state index is 13.3. The average Bonchev–Trinajstić information content (AvgIpc) is 3.61. The third-order valence-electron chi connectivity index (χ3n) is 6.93. The summed E-state index contributed by atoms with van der Waals surface area (Å²) in [7, 11) is 0. The molecule has 7 nitrogen and oxygen atoms in total. The van der Waals surface area contributed by atoms with Crippen LogP contribution in [-0.2, 0) is 9.59 Å². The number of anilines is 1. The monoisotopic (exact) mass is 471 g/mol. The molecular weight excluding hydrogens is 442 g/mol. The van der Waals surface area contributed by atoms with Crippen LogP contribution >= 0.6 is 0 Å². The van der Waals surface area contributed by atoms with E-state index in [4.69, 9.17) is 0 Å². The summed E-state index contributed by atoms with van der Waals surface area (Å²) in [4.78, 5) is 40.0. The van der Waals surface area contributed by atoms with E-state index in [9.17, 15) is 19.5 Å². The third kappa shape index (κ3) is 4.71. The Bertz CT molecular complexity index is 1280. The number of carbonyl (C=O) groups is 3. The molecule has 3 aromatic carbocycles. The molecule has 2 atom stereocenters. The lowest BCUT2D eigenvalue weighted by Gasteiger charge is -2.26. The number of phenols is 1. The summed E-state index contributed by atoms with van der Waals surface area (Å²) in [5.41, 5.74) is 1.86. The van der Waals surface area contributed by atoms with Crippen LogP contribution in [0.15, 0.2) is 60.7 Å². The van der Waals surface area contributed by atoms with E-state index < -0.39 is 6.04 Å². The molecule has 5 rings (SSSR count). The minimum absolute atomic E-state index is 0.0543. The molecule has 2 fully saturated rings. The second-order valence-corrected chi connectivity index (χ2v) is 9.46. The molecule has 35 heavy (non-hydrogen) atoms. The van der Waals surface area contributed by atoms with Crippen molar-refractivity contribution in [3.05, 3.63) is 71.8 Å². The Morgan fingerprint density at radius 1 is 0.943 bits per heavy atom. The van der Waals surface area contributed by atoms with Crippen molar-refractivity contribution >= 4 is 34.2 Å². The Morgan fingerprint density at radius 2 is 1.69 bits per heavy atom. The normalized spacial score (nSPS) is 18.3. The van der Waals surface area contributed by atoms with Gasteiger partial charge in [-0.05, 0) is 61.8 Å². The predicted molar refractivity (Wildman–Crippen MR) is 134 cm³/mol. The molecule has 2 aliphatic rings. The molecule has 1 aliphatic heterocycles. The van der Waals surface area contributed by atoms with Gasteiger partial charge in [0.25, 0.3) is 5.91 Å². The highest BCUT2D eigenvalue weighted by Crippen LogP contribution is 2.32.